The molecule has 1 aliphatic carbocycles. The molecule has 2 aromatic rings. The zero-order valence-electron chi connectivity index (χ0n) is 19.0. The number of alkyl halides is 1. The summed E-state index contributed by atoms with van der Waals surface area (Å²) in [5.74, 6) is -5.05. The molecule has 0 saturated carbocycles. The van der Waals surface area contributed by atoms with Crippen LogP contribution in [-0.2, 0) is 10.6 Å². The number of hydrogen-bond acceptors (Lipinski definition) is 5. The highest BCUT2D eigenvalue weighted by molar-refractivity contribution is 6.31. The number of aryl methyl sites for hydroxylation is 1. The third-order valence-electron chi connectivity index (χ3n) is 6.13. The molecule has 2 amide bonds. The summed E-state index contributed by atoms with van der Waals surface area (Å²) < 4.78 is 14.9. The minimum absolute atomic E-state index is 0.0180. The summed E-state index contributed by atoms with van der Waals surface area (Å²) in [5, 5.41) is 3.39. The van der Waals surface area contributed by atoms with Gasteiger partial charge in [-0.15, -0.1) is 4.91 Å². The van der Waals surface area contributed by atoms with Crippen LogP contribution in [0.15, 0.2) is 41.6 Å². The van der Waals surface area contributed by atoms with Gasteiger partial charge < -0.3 is 15.5 Å². The molecule has 2 N–H and O–H groups in total. The molecule has 9 heteroatoms. The van der Waals surface area contributed by atoms with Crippen molar-refractivity contribution in [2.24, 2.45) is 10.9 Å². The van der Waals surface area contributed by atoms with E-state index in [0.717, 1.165) is 30.1 Å². The molecule has 2 atom stereocenters. The van der Waals surface area contributed by atoms with Gasteiger partial charge in [0.1, 0.15) is 5.92 Å². The Morgan fingerprint density at radius 3 is 2.48 bits per heavy atom. The first-order valence-electron chi connectivity index (χ1n) is 11.0. The van der Waals surface area contributed by atoms with Crippen LogP contribution in [0, 0.1) is 11.8 Å². The van der Waals surface area contributed by atoms with Crippen molar-refractivity contribution in [3.63, 3.8) is 0 Å². The summed E-state index contributed by atoms with van der Waals surface area (Å²) in [6, 6.07) is 10.5. The third kappa shape index (κ3) is 4.50. The molecule has 2 aliphatic rings. The van der Waals surface area contributed by atoms with Crippen LogP contribution >= 0.6 is 11.6 Å². The van der Waals surface area contributed by atoms with Crippen LogP contribution in [0.5, 0.6) is 0 Å². The van der Waals surface area contributed by atoms with E-state index in [1.165, 1.54) is 17.0 Å². The van der Waals surface area contributed by atoms with Crippen molar-refractivity contribution < 1.29 is 14.0 Å². The number of nitrogens with zero attached hydrogens (tertiary/aromatic N) is 3. The van der Waals surface area contributed by atoms with Gasteiger partial charge in [-0.2, -0.15) is 0 Å². The zero-order valence-corrected chi connectivity index (χ0v) is 19.7. The Bertz CT molecular complexity index is 1060. The fourth-order valence-corrected chi connectivity index (χ4v) is 4.43. The number of likely N-dealkylation sites (N-methyl/N-ethyl adjacent to an activating group) is 1. The van der Waals surface area contributed by atoms with Gasteiger partial charge in [-0.3, -0.25) is 9.59 Å². The lowest BCUT2D eigenvalue weighted by Crippen LogP contribution is -2.44. The van der Waals surface area contributed by atoms with Gasteiger partial charge in [-0.05, 0) is 55.4 Å². The smallest absolute Gasteiger partial charge is 0.281 e. The second-order valence-corrected chi connectivity index (χ2v) is 8.60. The number of nitrogens with two attached hydrogens (primary N) is 1. The number of amides is 2. The highest BCUT2D eigenvalue weighted by Crippen LogP contribution is 2.61. The first kappa shape index (κ1) is 24.8. The topological polar surface area (TPSA) is 96.1 Å². The predicted octanol–water partition coefficient (Wildman–Crippen LogP) is 4.50. The Morgan fingerprint density at radius 1 is 1.27 bits per heavy atom. The van der Waals surface area contributed by atoms with E-state index in [1.54, 1.807) is 0 Å². The second-order valence-electron chi connectivity index (χ2n) is 8.19. The van der Waals surface area contributed by atoms with Crippen molar-refractivity contribution >= 4 is 29.1 Å². The molecular formula is C24H28ClFN4O3. The SMILES string of the molecule is CCCN(CC)CCN1C(=O)[C@H]2c3c1cc(C(N)=O)cc3C2(F)N=O.Cc1ccccc1Cl. The Hall–Kier alpha value is -2.84. The lowest BCUT2D eigenvalue weighted by atomic mass is 9.71. The average molecular weight is 475 g/mol. The summed E-state index contributed by atoms with van der Waals surface area (Å²) in [7, 11) is 0. The molecule has 2 aromatic carbocycles. The van der Waals surface area contributed by atoms with Crippen LogP contribution in [-0.4, -0.2) is 42.9 Å². The number of rotatable bonds is 8. The van der Waals surface area contributed by atoms with E-state index in [4.69, 9.17) is 17.3 Å². The van der Waals surface area contributed by atoms with E-state index >= 15 is 0 Å². The normalized spacial score (nSPS) is 20.1. The third-order valence-corrected chi connectivity index (χ3v) is 6.56. The summed E-state index contributed by atoms with van der Waals surface area (Å²) in [4.78, 5) is 38.9. The number of hydrogen-bond donors (Lipinski definition) is 1. The molecule has 0 saturated heterocycles. The molecule has 0 aromatic heterocycles. The van der Waals surface area contributed by atoms with Crippen LogP contribution in [0.1, 0.15) is 53.2 Å². The van der Waals surface area contributed by atoms with E-state index < -0.39 is 23.5 Å². The molecule has 1 unspecified atom stereocenters. The molecule has 7 nitrogen and oxygen atoms in total. The van der Waals surface area contributed by atoms with E-state index in [9.17, 15) is 18.9 Å². The zero-order chi connectivity index (χ0) is 24.3. The molecule has 1 aliphatic heterocycles. The average Bonchev–Trinajstić information content (AvgIpc) is 3.08. The van der Waals surface area contributed by atoms with Gasteiger partial charge in [0.2, 0.25) is 11.8 Å². The van der Waals surface area contributed by atoms with E-state index in [0.29, 0.717) is 24.3 Å². The lowest BCUT2D eigenvalue weighted by Gasteiger charge is -2.35. The largest absolute Gasteiger partial charge is 0.366 e. The van der Waals surface area contributed by atoms with Crippen molar-refractivity contribution in [1.82, 2.24) is 4.90 Å². The maximum Gasteiger partial charge on any atom is 0.281 e. The molecule has 0 spiro atoms. The Kier molecular flexibility index (Phi) is 7.49. The minimum atomic E-state index is -2.62. The number of carbonyl (C=O) groups excluding carboxylic acids is 2. The van der Waals surface area contributed by atoms with Crippen molar-refractivity contribution in [2.75, 3.05) is 31.1 Å². The highest BCUT2D eigenvalue weighted by Gasteiger charge is 2.64. The molecule has 176 valence electrons. The minimum Gasteiger partial charge on any atom is -0.366 e. The van der Waals surface area contributed by atoms with Gasteiger partial charge >= 0.3 is 0 Å². The number of nitroso groups, excluding NO2 is 1. The molecule has 1 heterocycles. The number of carbonyl (C=O) groups is 2. The van der Waals surface area contributed by atoms with Gasteiger partial charge in [0.25, 0.3) is 5.79 Å². The fourth-order valence-electron chi connectivity index (χ4n) is 4.30. The maximum absolute atomic E-state index is 14.9. The van der Waals surface area contributed by atoms with Crippen LogP contribution in [0.2, 0.25) is 5.02 Å². The summed E-state index contributed by atoms with van der Waals surface area (Å²) in [6.07, 6.45) is 0.986. The number of primary amides is 1. The quantitative estimate of drug-likeness (QED) is 0.450. The fraction of sp³-hybridized carbons (Fsp3) is 0.417. The monoisotopic (exact) mass is 474 g/mol. The summed E-state index contributed by atoms with van der Waals surface area (Å²) in [6.45, 7) is 8.79. The van der Waals surface area contributed by atoms with Crippen LogP contribution < -0.4 is 10.6 Å². The Morgan fingerprint density at radius 2 is 1.97 bits per heavy atom. The predicted molar refractivity (Wildman–Crippen MR) is 127 cm³/mol. The van der Waals surface area contributed by atoms with E-state index in [-0.39, 0.29) is 11.1 Å². The molecule has 4 rings (SSSR count). The summed E-state index contributed by atoms with van der Waals surface area (Å²) in [5.41, 5.74) is 7.41. The highest BCUT2D eigenvalue weighted by atomic mass is 35.5. The van der Waals surface area contributed by atoms with E-state index in [1.807, 2.05) is 38.1 Å². The van der Waals surface area contributed by atoms with Crippen molar-refractivity contribution in [3.05, 3.63) is 68.6 Å². The van der Waals surface area contributed by atoms with Gasteiger partial charge in [0, 0.05) is 40.5 Å². The van der Waals surface area contributed by atoms with Crippen LogP contribution in [0.25, 0.3) is 0 Å². The number of anilines is 1. The molecule has 33 heavy (non-hydrogen) atoms. The second kappa shape index (κ2) is 9.97. The van der Waals surface area contributed by atoms with Crippen molar-refractivity contribution in [3.8, 4) is 0 Å². The first-order chi connectivity index (χ1) is 15.7. The lowest BCUT2D eigenvalue weighted by molar-refractivity contribution is -0.124. The Balaban J connectivity index is 0.000000323. The Labute approximate surface area is 197 Å². The van der Waals surface area contributed by atoms with Crippen LogP contribution in [0.4, 0.5) is 10.1 Å². The molecule has 0 bridgehead atoms. The number of halogens is 2. The maximum atomic E-state index is 14.9. The summed E-state index contributed by atoms with van der Waals surface area (Å²) >= 11 is 5.71. The van der Waals surface area contributed by atoms with Gasteiger partial charge in [-0.1, -0.05) is 43.6 Å². The van der Waals surface area contributed by atoms with Crippen molar-refractivity contribution in [2.45, 2.75) is 38.9 Å². The van der Waals surface area contributed by atoms with Crippen LogP contribution in [0.3, 0.4) is 0 Å². The van der Waals surface area contributed by atoms with Crippen molar-refractivity contribution in [1.29, 1.82) is 0 Å². The first-order valence-corrected chi connectivity index (χ1v) is 11.3. The van der Waals surface area contributed by atoms with Gasteiger partial charge in [-0.25, -0.2) is 4.39 Å². The number of benzene rings is 2. The standard InChI is InChI=1S/C17H21FN4O3.C7H7Cl/c1-3-5-21(4-2)6-7-22-12-9-10(15(19)23)8-11-13(12)14(16(22)24)17(11,18)20-25;1-6-4-2-3-5-7(6)8/h8-9,14H,3-7H2,1-2H3,(H2,19,23);2-5H,1H3/t14-,17?;/m1./s1. The van der Waals surface area contributed by atoms with E-state index in [2.05, 4.69) is 17.0 Å². The molecular weight excluding hydrogens is 447 g/mol. The van der Waals surface area contributed by atoms with Gasteiger partial charge in [0.15, 0.2) is 0 Å². The molecule has 0 fully saturated rings. The van der Waals surface area contributed by atoms with Gasteiger partial charge in [0.05, 0.1) is 0 Å². The molecule has 0 radical (unpaired) electrons.